The minimum absolute atomic E-state index is 0.118. The molecule has 0 aromatic heterocycles. The van der Waals surface area contributed by atoms with Crippen molar-refractivity contribution in [3.05, 3.63) is 34.6 Å². The number of rotatable bonds is 5. The molecule has 1 aromatic rings. The van der Waals surface area contributed by atoms with E-state index in [4.69, 9.17) is 17.3 Å². The molecule has 0 saturated carbocycles. The lowest BCUT2D eigenvalue weighted by Gasteiger charge is -2.12. The summed E-state index contributed by atoms with van der Waals surface area (Å²) >= 11 is 5.91. The summed E-state index contributed by atoms with van der Waals surface area (Å²) in [5, 5.41) is 0.474. The van der Waals surface area contributed by atoms with E-state index in [2.05, 4.69) is 6.92 Å². The molecular weight excluding hydrogens is 213 g/mol. The Morgan fingerprint density at radius 3 is 2.80 bits per heavy atom. The van der Waals surface area contributed by atoms with Gasteiger partial charge in [0.1, 0.15) is 5.82 Å². The van der Waals surface area contributed by atoms with Crippen molar-refractivity contribution in [3.63, 3.8) is 0 Å². The lowest BCUT2D eigenvalue weighted by Crippen LogP contribution is -2.22. The molecule has 0 spiro atoms. The smallest absolute Gasteiger partial charge is 0.124 e. The van der Waals surface area contributed by atoms with E-state index < -0.39 is 0 Å². The van der Waals surface area contributed by atoms with Gasteiger partial charge in [-0.3, -0.25) is 0 Å². The molecule has 3 heteroatoms. The van der Waals surface area contributed by atoms with Gasteiger partial charge in [0.15, 0.2) is 0 Å². The number of nitrogens with two attached hydrogens (primary N) is 1. The fourth-order valence-corrected chi connectivity index (χ4v) is 1.78. The third-order valence-electron chi connectivity index (χ3n) is 2.43. The highest BCUT2D eigenvalue weighted by atomic mass is 35.5. The first-order chi connectivity index (χ1) is 7.13. The zero-order valence-electron chi connectivity index (χ0n) is 8.97. The molecule has 0 aliphatic heterocycles. The number of hydrogen-bond acceptors (Lipinski definition) is 1. The standard InChI is InChI=1S/C12H17ClFN/c1-2-3-4-11(15)7-9-5-6-10(14)8-12(9)13/h5-6,8,11H,2-4,7,15H2,1H3. The maximum absolute atomic E-state index is 12.8. The van der Waals surface area contributed by atoms with Crippen LogP contribution in [0.15, 0.2) is 18.2 Å². The summed E-state index contributed by atoms with van der Waals surface area (Å²) < 4.78 is 12.8. The summed E-state index contributed by atoms with van der Waals surface area (Å²) in [6.45, 7) is 2.14. The molecule has 0 amide bonds. The summed E-state index contributed by atoms with van der Waals surface area (Å²) in [6.07, 6.45) is 3.98. The molecule has 1 nitrogen and oxygen atoms in total. The highest BCUT2D eigenvalue weighted by Gasteiger charge is 2.07. The summed E-state index contributed by atoms with van der Waals surface area (Å²) in [6, 6.07) is 4.59. The van der Waals surface area contributed by atoms with Crippen molar-refractivity contribution in [2.45, 2.75) is 38.6 Å². The van der Waals surface area contributed by atoms with Crippen molar-refractivity contribution >= 4 is 11.6 Å². The van der Waals surface area contributed by atoms with E-state index in [1.807, 2.05) is 0 Å². The van der Waals surface area contributed by atoms with Crippen LogP contribution in [-0.4, -0.2) is 6.04 Å². The number of benzene rings is 1. The first kappa shape index (κ1) is 12.5. The van der Waals surface area contributed by atoms with Gasteiger partial charge in [-0.05, 0) is 30.5 Å². The Morgan fingerprint density at radius 2 is 2.20 bits per heavy atom. The maximum atomic E-state index is 12.8. The van der Waals surface area contributed by atoms with Crippen LogP contribution in [0.3, 0.4) is 0 Å². The molecule has 84 valence electrons. The first-order valence-electron chi connectivity index (χ1n) is 5.33. The van der Waals surface area contributed by atoms with E-state index in [-0.39, 0.29) is 11.9 Å². The zero-order chi connectivity index (χ0) is 11.3. The predicted molar refractivity (Wildman–Crippen MR) is 62.6 cm³/mol. The van der Waals surface area contributed by atoms with Crippen molar-refractivity contribution in [3.8, 4) is 0 Å². The summed E-state index contributed by atoms with van der Waals surface area (Å²) in [4.78, 5) is 0. The van der Waals surface area contributed by atoms with Crippen molar-refractivity contribution in [2.24, 2.45) is 5.73 Å². The largest absolute Gasteiger partial charge is 0.327 e. The molecule has 1 unspecified atom stereocenters. The Bertz CT molecular complexity index is 314. The average molecular weight is 230 g/mol. The normalized spacial score (nSPS) is 12.8. The van der Waals surface area contributed by atoms with E-state index in [0.29, 0.717) is 5.02 Å². The third-order valence-corrected chi connectivity index (χ3v) is 2.78. The third kappa shape index (κ3) is 4.18. The Kier molecular flexibility index (Phi) is 5.06. The molecule has 0 bridgehead atoms. The van der Waals surface area contributed by atoms with Crippen molar-refractivity contribution < 1.29 is 4.39 Å². The fourth-order valence-electron chi connectivity index (χ4n) is 1.54. The van der Waals surface area contributed by atoms with Crippen LogP contribution >= 0.6 is 11.6 Å². The fraction of sp³-hybridized carbons (Fsp3) is 0.500. The average Bonchev–Trinajstić information content (AvgIpc) is 2.19. The maximum Gasteiger partial charge on any atom is 0.124 e. The molecule has 15 heavy (non-hydrogen) atoms. The summed E-state index contributed by atoms with van der Waals surface area (Å²) in [7, 11) is 0. The van der Waals surface area contributed by atoms with Gasteiger partial charge < -0.3 is 5.73 Å². The molecule has 0 radical (unpaired) electrons. The van der Waals surface area contributed by atoms with Crippen LogP contribution in [0.25, 0.3) is 0 Å². The quantitative estimate of drug-likeness (QED) is 0.821. The number of hydrogen-bond donors (Lipinski definition) is 1. The minimum atomic E-state index is -0.300. The van der Waals surface area contributed by atoms with Crippen LogP contribution in [0, 0.1) is 5.82 Å². The van der Waals surface area contributed by atoms with Crippen LogP contribution in [-0.2, 0) is 6.42 Å². The zero-order valence-corrected chi connectivity index (χ0v) is 9.73. The van der Waals surface area contributed by atoms with Crippen molar-refractivity contribution in [2.75, 3.05) is 0 Å². The van der Waals surface area contributed by atoms with Crippen molar-refractivity contribution in [1.82, 2.24) is 0 Å². The van der Waals surface area contributed by atoms with Gasteiger partial charge in [-0.1, -0.05) is 37.4 Å². The van der Waals surface area contributed by atoms with Gasteiger partial charge in [-0.2, -0.15) is 0 Å². The Morgan fingerprint density at radius 1 is 1.47 bits per heavy atom. The van der Waals surface area contributed by atoms with Gasteiger partial charge in [0.05, 0.1) is 0 Å². The molecule has 0 saturated heterocycles. The van der Waals surface area contributed by atoms with E-state index in [0.717, 1.165) is 31.2 Å². The lowest BCUT2D eigenvalue weighted by atomic mass is 10.0. The number of halogens is 2. The van der Waals surface area contributed by atoms with Gasteiger partial charge in [0.25, 0.3) is 0 Å². The van der Waals surface area contributed by atoms with Crippen molar-refractivity contribution in [1.29, 1.82) is 0 Å². The van der Waals surface area contributed by atoms with Crippen LogP contribution < -0.4 is 5.73 Å². The summed E-state index contributed by atoms with van der Waals surface area (Å²) in [5.74, 6) is -0.300. The molecular formula is C12H17ClFN. The van der Waals surface area contributed by atoms with E-state index in [1.165, 1.54) is 12.1 Å². The highest BCUT2D eigenvalue weighted by Crippen LogP contribution is 2.19. The molecule has 0 heterocycles. The second-order valence-electron chi connectivity index (χ2n) is 3.84. The Hall–Kier alpha value is -0.600. The second-order valence-corrected chi connectivity index (χ2v) is 4.25. The topological polar surface area (TPSA) is 26.0 Å². The number of unbranched alkanes of at least 4 members (excludes halogenated alkanes) is 1. The Balaban J connectivity index is 2.56. The lowest BCUT2D eigenvalue weighted by molar-refractivity contribution is 0.572. The van der Waals surface area contributed by atoms with E-state index in [9.17, 15) is 4.39 Å². The van der Waals surface area contributed by atoms with Gasteiger partial charge in [0, 0.05) is 11.1 Å². The van der Waals surface area contributed by atoms with Gasteiger partial charge >= 0.3 is 0 Å². The molecule has 0 aliphatic rings. The Labute approximate surface area is 95.4 Å². The SMILES string of the molecule is CCCCC(N)Cc1ccc(F)cc1Cl. The predicted octanol–water partition coefficient (Wildman–Crippen LogP) is 3.54. The second kappa shape index (κ2) is 6.09. The first-order valence-corrected chi connectivity index (χ1v) is 5.70. The van der Waals surface area contributed by atoms with E-state index in [1.54, 1.807) is 6.07 Å². The van der Waals surface area contributed by atoms with Crippen LogP contribution in [0.2, 0.25) is 5.02 Å². The monoisotopic (exact) mass is 229 g/mol. The molecule has 1 atom stereocenters. The van der Waals surface area contributed by atoms with Crippen LogP contribution in [0.1, 0.15) is 31.7 Å². The molecule has 0 aliphatic carbocycles. The molecule has 0 fully saturated rings. The van der Waals surface area contributed by atoms with Gasteiger partial charge in [-0.15, -0.1) is 0 Å². The molecule has 1 rings (SSSR count). The van der Waals surface area contributed by atoms with Gasteiger partial charge in [0.2, 0.25) is 0 Å². The molecule has 2 N–H and O–H groups in total. The summed E-state index contributed by atoms with van der Waals surface area (Å²) in [5.41, 5.74) is 6.88. The molecule has 1 aromatic carbocycles. The van der Waals surface area contributed by atoms with Gasteiger partial charge in [-0.25, -0.2) is 4.39 Å². The van der Waals surface area contributed by atoms with Crippen LogP contribution in [0.4, 0.5) is 4.39 Å². The highest BCUT2D eigenvalue weighted by molar-refractivity contribution is 6.31. The van der Waals surface area contributed by atoms with E-state index >= 15 is 0 Å². The van der Waals surface area contributed by atoms with Crippen LogP contribution in [0.5, 0.6) is 0 Å². The minimum Gasteiger partial charge on any atom is -0.327 e.